The van der Waals surface area contributed by atoms with Gasteiger partial charge in [0.1, 0.15) is 5.94 Å². The van der Waals surface area contributed by atoms with Crippen molar-refractivity contribution in [2.24, 2.45) is 0 Å². The molecule has 5 heavy (non-hydrogen) atoms. The van der Waals surface area contributed by atoms with Crippen molar-refractivity contribution in [1.29, 1.82) is 0 Å². The van der Waals surface area contributed by atoms with Gasteiger partial charge in [-0.15, -0.1) is 0 Å². The Morgan fingerprint density at radius 2 is 2.60 bits per heavy atom. The molecule has 0 aliphatic carbocycles. The fourth-order valence-corrected chi connectivity index (χ4v) is 0.194. The van der Waals surface area contributed by atoms with Crippen LogP contribution in [0, 0.1) is 0 Å². The quantitative estimate of drug-likeness (QED) is 0.366. The van der Waals surface area contributed by atoms with E-state index in [2.05, 4.69) is 4.72 Å². The summed E-state index contributed by atoms with van der Waals surface area (Å²) in [6.07, 6.45) is 0. The Bertz CT molecular complexity index is 17.1. The molecule has 0 bridgehead atoms. The van der Waals surface area contributed by atoms with E-state index in [1.807, 2.05) is 0 Å². The second-order valence-corrected chi connectivity index (χ2v) is 1.43. The summed E-state index contributed by atoms with van der Waals surface area (Å²) in [5.74, 6) is 0.149. The second kappa shape index (κ2) is 4.27. The van der Waals surface area contributed by atoms with E-state index < -0.39 is 0 Å². The number of nitrogens with one attached hydrogen (secondary N) is 1. The molecule has 0 rings (SSSR count). The van der Waals surface area contributed by atoms with Crippen molar-refractivity contribution in [2.45, 2.75) is 0 Å². The van der Waals surface area contributed by atoms with Gasteiger partial charge in [0.25, 0.3) is 0 Å². The number of rotatable bonds is 2. The van der Waals surface area contributed by atoms with Crippen molar-refractivity contribution >= 4 is 11.9 Å². The third-order valence-electron chi connectivity index (χ3n) is 0.209. The molecule has 0 saturated carbocycles. The van der Waals surface area contributed by atoms with Gasteiger partial charge in [0, 0.05) is 0 Å². The first-order chi connectivity index (χ1) is 2.41. The molecule has 2 nitrogen and oxygen atoms in total. The van der Waals surface area contributed by atoms with Crippen molar-refractivity contribution in [2.75, 3.05) is 13.0 Å². The normalized spacial score (nSPS) is 8.40. The molecule has 0 aromatic heterocycles. The van der Waals surface area contributed by atoms with Crippen LogP contribution < -0.4 is 4.72 Å². The fraction of sp³-hybridized carbons (Fsp3) is 1.00. The minimum absolute atomic E-state index is 0.149. The maximum Gasteiger partial charge on any atom is 0.103 e. The minimum atomic E-state index is 0.149. The smallest absolute Gasteiger partial charge is 0.103 e. The van der Waals surface area contributed by atoms with Gasteiger partial charge in [-0.1, -0.05) is 11.9 Å². The summed E-state index contributed by atoms with van der Waals surface area (Å²) in [5.41, 5.74) is 0. The lowest BCUT2D eigenvalue weighted by Gasteiger charge is -1.83. The van der Waals surface area contributed by atoms with E-state index in [-0.39, 0.29) is 5.94 Å². The summed E-state index contributed by atoms with van der Waals surface area (Å²) in [5, 5.41) is 7.97. The number of aliphatic hydroxyl groups is 1. The summed E-state index contributed by atoms with van der Waals surface area (Å²) in [4.78, 5) is 0. The zero-order valence-electron chi connectivity index (χ0n) is 3.06. The molecule has 0 aromatic carbocycles. The largest absolute Gasteiger partial charge is 0.384 e. The Labute approximate surface area is 35.7 Å². The number of hydrogen-bond acceptors (Lipinski definition) is 3. The van der Waals surface area contributed by atoms with Crippen LogP contribution in [0.5, 0.6) is 0 Å². The van der Waals surface area contributed by atoms with Crippen LogP contribution in [0.3, 0.4) is 0 Å². The molecule has 32 valence electrons. The van der Waals surface area contributed by atoms with E-state index in [1.54, 1.807) is 7.05 Å². The van der Waals surface area contributed by atoms with Crippen LogP contribution in [-0.2, 0) is 0 Å². The molecule has 0 aromatic rings. The van der Waals surface area contributed by atoms with E-state index in [0.29, 0.717) is 0 Å². The van der Waals surface area contributed by atoms with Crippen molar-refractivity contribution in [3.63, 3.8) is 0 Å². The number of aliphatic hydroxyl groups excluding tert-OH is 1. The monoisotopic (exact) mass is 93.0 g/mol. The lowest BCUT2D eigenvalue weighted by Crippen LogP contribution is -1.91. The van der Waals surface area contributed by atoms with Gasteiger partial charge in [0.05, 0.1) is 0 Å². The average molecular weight is 93.2 g/mol. The van der Waals surface area contributed by atoms with Gasteiger partial charge < -0.3 is 5.11 Å². The molecular weight excluding hydrogens is 86.1 g/mol. The van der Waals surface area contributed by atoms with Gasteiger partial charge in [-0.25, -0.2) is 0 Å². The number of hydrogen-bond donors (Lipinski definition) is 2. The summed E-state index contributed by atoms with van der Waals surface area (Å²) in [7, 11) is 1.76. The fourth-order valence-electron chi connectivity index (χ4n) is 0.0645. The van der Waals surface area contributed by atoms with Crippen LogP contribution in [0.2, 0.25) is 0 Å². The Hall–Kier alpha value is 0.270. The lowest BCUT2D eigenvalue weighted by molar-refractivity contribution is 0.374. The molecule has 0 heterocycles. The Morgan fingerprint density at radius 1 is 2.00 bits per heavy atom. The van der Waals surface area contributed by atoms with Crippen LogP contribution in [0.25, 0.3) is 0 Å². The first-order valence-electron chi connectivity index (χ1n) is 1.31. The van der Waals surface area contributed by atoms with E-state index in [4.69, 9.17) is 5.11 Å². The molecule has 0 atom stereocenters. The van der Waals surface area contributed by atoms with Gasteiger partial charge in [-0.3, -0.25) is 4.72 Å². The molecular formula is C2H7NOS. The maximum atomic E-state index is 7.97. The Kier molecular flexibility index (Phi) is 4.50. The molecule has 3 heteroatoms. The predicted molar refractivity (Wildman–Crippen MR) is 23.7 cm³/mol. The van der Waals surface area contributed by atoms with E-state index in [0.717, 1.165) is 0 Å². The topological polar surface area (TPSA) is 32.3 Å². The van der Waals surface area contributed by atoms with Gasteiger partial charge in [0.2, 0.25) is 0 Å². The third kappa shape index (κ3) is 4.27. The molecule has 0 aliphatic rings. The highest BCUT2D eigenvalue weighted by molar-refractivity contribution is 7.97. The molecule has 2 N–H and O–H groups in total. The summed E-state index contributed by atoms with van der Waals surface area (Å²) < 4.78 is 2.68. The molecule has 0 radical (unpaired) electrons. The zero-order chi connectivity index (χ0) is 4.12. The summed E-state index contributed by atoms with van der Waals surface area (Å²) >= 11 is 1.27. The minimum Gasteiger partial charge on any atom is -0.384 e. The maximum absolute atomic E-state index is 7.97. The van der Waals surface area contributed by atoms with Crippen molar-refractivity contribution in [3.05, 3.63) is 0 Å². The van der Waals surface area contributed by atoms with Crippen LogP contribution in [0.1, 0.15) is 0 Å². The van der Waals surface area contributed by atoms with Gasteiger partial charge in [0.15, 0.2) is 0 Å². The first-order valence-corrected chi connectivity index (χ1v) is 2.29. The van der Waals surface area contributed by atoms with E-state index in [1.165, 1.54) is 11.9 Å². The predicted octanol–water partition coefficient (Wildman–Crippen LogP) is -0.196. The molecule has 0 amide bonds. The van der Waals surface area contributed by atoms with Crippen molar-refractivity contribution < 1.29 is 5.11 Å². The van der Waals surface area contributed by atoms with Gasteiger partial charge >= 0.3 is 0 Å². The van der Waals surface area contributed by atoms with Crippen LogP contribution in [0.4, 0.5) is 0 Å². The van der Waals surface area contributed by atoms with E-state index >= 15 is 0 Å². The summed E-state index contributed by atoms with van der Waals surface area (Å²) in [6.45, 7) is 0. The second-order valence-electron chi connectivity index (χ2n) is 0.478. The van der Waals surface area contributed by atoms with Crippen molar-refractivity contribution in [3.8, 4) is 0 Å². The van der Waals surface area contributed by atoms with Crippen molar-refractivity contribution in [1.82, 2.24) is 4.72 Å². The highest BCUT2D eigenvalue weighted by atomic mass is 32.2. The average Bonchev–Trinajstić information content (AvgIpc) is 1.41. The van der Waals surface area contributed by atoms with E-state index in [9.17, 15) is 0 Å². The molecule has 0 fully saturated rings. The standard InChI is InChI=1S/C2H7NOS/c1-3-5-2-4/h3-4H,2H2,1H3. The summed E-state index contributed by atoms with van der Waals surface area (Å²) in [6, 6.07) is 0. The highest BCUT2D eigenvalue weighted by Crippen LogP contribution is 1.80. The first kappa shape index (κ1) is 5.27. The third-order valence-corrected chi connectivity index (χ3v) is 0.627. The van der Waals surface area contributed by atoms with Crippen LogP contribution in [-0.4, -0.2) is 18.1 Å². The van der Waals surface area contributed by atoms with Gasteiger partial charge in [-0.2, -0.15) is 0 Å². The SMILES string of the molecule is CNSCO. The van der Waals surface area contributed by atoms with Crippen LogP contribution >= 0.6 is 11.9 Å². The zero-order valence-corrected chi connectivity index (χ0v) is 3.88. The van der Waals surface area contributed by atoms with Gasteiger partial charge in [-0.05, 0) is 7.05 Å². The molecule has 0 aliphatic heterocycles. The Morgan fingerprint density at radius 3 is 2.60 bits per heavy atom. The highest BCUT2D eigenvalue weighted by Gasteiger charge is 1.65. The Balaban J connectivity index is 2.19. The molecule has 0 spiro atoms. The van der Waals surface area contributed by atoms with Crippen LogP contribution in [0.15, 0.2) is 0 Å². The molecule has 0 unspecified atom stereocenters. The molecule has 0 saturated heterocycles. The lowest BCUT2D eigenvalue weighted by atomic mass is 11.6.